The molecule has 0 saturated heterocycles. The van der Waals surface area contributed by atoms with Crippen LogP contribution in [0.3, 0.4) is 0 Å². The fourth-order valence-corrected chi connectivity index (χ4v) is 3.51. The maximum Gasteiger partial charge on any atom is 0.221 e. The van der Waals surface area contributed by atoms with Gasteiger partial charge in [0.15, 0.2) is 22.5 Å². The maximum atomic E-state index is 12.5. The van der Waals surface area contributed by atoms with Gasteiger partial charge in [0.2, 0.25) is 5.91 Å². The van der Waals surface area contributed by atoms with Crippen molar-refractivity contribution in [2.75, 3.05) is 11.1 Å². The summed E-state index contributed by atoms with van der Waals surface area (Å²) in [6.07, 6.45) is 1.60. The van der Waals surface area contributed by atoms with Crippen molar-refractivity contribution in [3.05, 3.63) is 48.2 Å². The number of benzene rings is 1. The molecule has 0 aliphatic carbocycles. The highest BCUT2D eigenvalue weighted by Gasteiger charge is 2.18. The quantitative estimate of drug-likeness (QED) is 0.453. The Bertz CT molecular complexity index is 947. The van der Waals surface area contributed by atoms with E-state index in [-0.39, 0.29) is 17.4 Å². The number of Topliss-reactive ketones (excluding diaryl/α,β-unsaturated/α-hetero) is 1. The van der Waals surface area contributed by atoms with E-state index in [2.05, 4.69) is 29.4 Å². The summed E-state index contributed by atoms with van der Waals surface area (Å²) < 4.78 is 7.45. The summed E-state index contributed by atoms with van der Waals surface area (Å²) in [6, 6.07) is 10.5. The van der Waals surface area contributed by atoms with Crippen LogP contribution in [0.4, 0.5) is 5.69 Å². The first kappa shape index (κ1) is 19.9. The molecule has 0 aliphatic rings. The molecule has 2 heterocycles. The van der Waals surface area contributed by atoms with E-state index in [1.807, 2.05) is 16.7 Å². The third-order valence-corrected chi connectivity index (χ3v) is 4.83. The average molecular weight is 398 g/mol. The van der Waals surface area contributed by atoms with Crippen molar-refractivity contribution in [3.63, 3.8) is 0 Å². The molecular formula is C20H22N4O3S. The largest absolute Gasteiger partial charge is 0.461 e. The second-order valence-corrected chi connectivity index (χ2v) is 7.70. The van der Waals surface area contributed by atoms with Crippen LogP contribution in [0.2, 0.25) is 0 Å². The van der Waals surface area contributed by atoms with E-state index in [1.54, 1.807) is 30.5 Å². The number of hydrogen-bond acceptors (Lipinski definition) is 6. The van der Waals surface area contributed by atoms with Crippen LogP contribution >= 0.6 is 11.8 Å². The Morgan fingerprint density at radius 3 is 2.54 bits per heavy atom. The first-order valence-corrected chi connectivity index (χ1v) is 9.93. The first-order valence-electron chi connectivity index (χ1n) is 8.94. The molecule has 0 radical (unpaired) electrons. The fourth-order valence-electron chi connectivity index (χ4n) is 2.67. The summed E-state index contributed by atoms with van der Waals surface area (Å²) >= 11 is 1.35. The lowest BCUT2D eigenvalue weighted by Gasteiger charge is -2.11. The van der Waals surface area contributed by atoms with Gasteiger partial charge < -0.3 is 9.73 Å². The van der Waals surface area contributed by atoms with Crippen LogP contribution in [0.15, 0.2) is 52.2 Å². The molecule has 146 valence electrons. The molecular weight excluding hydrogens is 376 g/mol. The zero-order chi connectivity index (χ0) is 20.1. The van der Waals surface area contributed by atoms with Gasteiger partial charge in [-0.15, -0.1) is 10.2 Å². The number of carbonyl (C=O) groups excluding carboxylic acids is 2. The van der Waals surface area contributed by atoms with Crippen molar-refractivity contribution >= 4 is 29.1 Å². The number of hydrogen-bond donors (Lipinski definition) is 1. The number of nitrogens with one attached hydrogen (secondary N) is 1. The summed E-state index contributed by atoms with van der Waals surface area (Å²) in [5.41, 5.74) is 1.25. The van der Waals surface area contributed by atoms with E-state index in [0.29, 0.717) is 33.9 Å². The molecule has 0 atom stereocenters. The van der Waals surface area contributed by atoms with Crippen molar-refractivity contribution in [3.8, 4) is 11.6 Å². The highest BCUT2D eigenvalue weighted by molar-refractivity contribution is 7.99. The standard InChI is InChI=1S/C20H22N4O3S/c1-13(2)11-24-19(18-5-4-10-27-18)22-23-20(24)28-12-17(26)15-6-8-16(9-7-15)21-14(3)25/h4-10,13H,11-12H2,1-3H3,(H,21,25). The van der Waals surface area contributed by atoms with Gasteiger partial charge >= 0.3 is 0 Å². The van der Waals surface area contributed by atoms with Crippen molar-refractivity contribution in [2.24, 2.45) is 5.92 Å². The minimum absolute atomic E-state index is 0.0157. The van der Waals surface area contributed by atoms with Gasteiger partial charge in [0.1, 0.15) is 0 Å². The van der Waals surface area contributed by atoms with Gasteiger partial charge in [0.05, 0.1) is 12.0 Å². The number of furan rings is 1. The van der Waals surface area contributed by atoms with E-state index in [9.17, 15) is 9.59 Å². The zero-order valence-corrected chi connectivity index (χ0v) is 16.8. The molecule has 7 nitrogen and oxygen atoms in total. The maximum absolute atomic E-state index is 12.5. The summed E-state index contributed by atoms with van der Waals surface area (Å²) in [6.45, 7) is 6.40. The van der Waals surface area contributed by atoms with Crippen molar-refractivity contribution in [1.29, 1.82) is 0 Å². The van der Waals surface area contributed by atoms with Crippen molar-refractivity contribution < 1.29 is 14.0 Å². The van der Waals surface area contributed by atoms with Crippen LogP contribution in [-0.2, 0) is 11.3 Å². The van der Waals surface area contributed by atoms with Gasteiger partial charge in [0.25, 0.3) is 0 Å². The third-order valence-electron chi connectivity index (χ3n) is 3.87. The zero-order valence-electron chi connectivity index (χ0n) is 16.0. The predicted octanol–water partition coefficient (Wildman–Crippen LogP) is 4.13. The van der Waals surface area contributed by atoms with E-state index in [4.69, 9.17) is 4.42 Å². The molecule has 0 spiro atoms. The van der Waals surface area contributed by atoms with E-state index < -0.39 is 0 Å². The van der Waals surface area contributed by atoms with Crippen LogP contribution in [0.1, 0.15) is 31.1 Å². The third kappa shape index (κ3) is 4.89. The Morgan fingerprint density at radius 1 is 1.18 bits per heavy atom. The Labute approximate surface area is 167 Å². The molecule has 2 aromatic heterocycles. The summed E-state index contributed by atoms with van der Waals surface area (Å²) in [5.74, 6) is 1.78. The van der Waals surface area contributed by atoms with Crippen LogP contribution in [0, 0.1) is 5.92 Å². The highest BCUT2D eigenvalue weighted by atomic mass is 32.2. The van der Waals surface area contributed by atoms with E-state index in [1.165, 1.54) is 18.7 Å². The lowest BCUT2D eigenvalue weighted by Crippen LogP contribution is -2.09. The monoisotopic (exact) mass is 398 g/mol. The number of rotatable bonds is 8. The lowest BCUT2D eigenvalue weighted by atomic mass is 10.1. The number of ketones is 1. The Morgan fingerprint density at radius 2 is 1.93 bits per heavy atom. The summed E-state index contributed by atoms with van der Waals surface area (Å²) in [7, 11) is 0. The Balaban J connectivity index is 1.71. The van der Waals surface area contributed by atoms with E-state index in [0.717, 1.165) is 6.54 Å². The van der Waals surface area contributed by atoms with Crippen LogP contribution < -0.4 is 5.32 Å². The van der Waals surface area contributed by atoms with Gasteiger partial charge in [-0.1, -0.05) is 25.6 Å². The SMILES string of the molecule is CC(=O)Nc1ccc(C(=O)CSc2nnc(-c3ccco3)n2CC(C)C)cc1. The summed E-state index contributed by atoms with van der Waals surface area (Å²) in [5, 5.41) is 11.9. The lowest BCUT2D eigenvalue weighted by molar-refractivity contribution is -0.114. The van der Waals surface area contributed by atoms with Crippen molar-refractivity contribution in [2.45, 2.75) is 32.5 Å². The number of amides is 1. The molecule has 0 bridgehead atoms. The topological polar surface area (TPSA) is 90.0 Å². The predicted molar refractivity (Wildman–Crippen MR) is 108 cm³/mol. The van der Waals surface area contributed by atoms with Crippen LogP contribution in [0.5, 0.6) is 0 Å². The normalized spacial score (nSPS) is 11.0. The van der Waals surface area contributed by atoms with E-state index >= 15 is 0 Å². The second-order valence-electron chi connectivity index (χ2n) is 6.76. The molecule has 0 fully saturated rings. The van der Waals surface area contributed by atoms with Gasteiger partial charge in [-0.2, -0.15) is 0 Å². The number of thioether (sulfide) groups is 1. The Hall–Kier alpha value is -2.87. The fraction of sp³-hybridized carbons (Fsp3) is 0.300. The molecule has 3 aromatic rings. The molecule has 28 heavy (non-hydrogen) atoms. The van der Waals surface area contributed by atoms with Crippen LogP contribution in [-0.4, -0.2) is 32.2 Å². The Kier molecular flexibility index (Phi) is 6.30. The minimum Gasteiger partial charge on any atom is -0.461 e. The molecule has 1 N–H and O–H groups in total. The van der Waals surface area contributed by atoms with Gasteiger partial charge in [-0.3, -0.25) is 14.2 Å². The molecule has 1 amide bonds. The second kappa shape index (κ2) is 8.88. The first-order chi connectivity index (χ1) is 13.4. The highest BCUT2D eigenvalue weighted by Crippen LogP contribution is 2.26. The summed E-state index contributed by atoms with van der Waals surface area (Å²) in [4.78, 5) is 23.6. The van der Waals surface area contributed by atoms with Gasteiger partial charge in [-0.25, -0.2) is 0 Å². The van der Waals surface area contributed by atoms with Crippen LogP contribution in [0.25, 0.3) is 11.6 Å². The molecule has 0 saturated carbocycles. The van der Waals surface area contributed by atoms with Gasteiger partial charge in [0, 0.05) is 24.7 Å². The van der Waals surface area contributed by atoms with Gasteiger partial charge in [-0.05, 0) is 42.3 Å². The molecule has 1 aromatic carbocycles. The number of nitrogens with zero attached hydrogens (tertiary/aromatic N) is 3. The molecule has 3 rings (SSSR count). The number of carbonyl (C=O) groups is 2. The number of anilines is 1. The number of aromatic nitrogens is 3. The minimum atomic E-state index is -0.147. The molecule has 8 heteroatoms. The smallest absolute Gasteiger partial charge is 0.221 e. The average Bonchev–Trinajstić information content (AvgIpc) is 3.29. The molecule has 0 unspecified atom stereocenters. The van der Waals surface area contributed by atoms with Crippen molar-refractivity contribution in [1.82, 2.24) is 14.8 Å². The molecule has 0 aliphatic heterocycles.